The summed E-state index contributed by atoms with van der Waals surface area (Å²) in [6.07, 6.45) is 9.35. The Morgan fingerprint density at radius 1 is 0.981 bits per heavy atom. The van der Waals surface area contributed by atoms with Gasteiger partial charge in [-0.15, -0.1) is 11.3 Å². The van der Waals surface area contributed by atoms with Gasteiger partial charge in [-0.25, -0.2) is 18.2 Å². The van der Waals surface area contributed by atoms with Gasteiger partial charge in [0.2, 0.25) is 21.8 Å². The molecule has 17 heteroatoms. The first kappa shape index (κ1) is 37.8. The van der Waals surface area contributed by atoms with Crippen LogP contribution in [0.4, 0.5) is 4.79 Å². The molecule has 1 aromatic heterocycles. The van der Waals surface area contributed by atoms with Gasteiger partial charge in [0.05, 0.1) is 18.5 Å². The van der Waals surface area contributed by atoms with E-state index in [0.717, 1.165) is 31.2 Å². The van der Waals surface area contributed by atoms with Gasteiger partial charge in [-0.3, -0.25) is 23.9 Å². The number of sulfonamides is 1. The third-order valence-electron chi connectivity index (χ3n) is 10.6. The zero-order valence-electron chi connectivity index (χ0n) is 29.9. The van der Waals surface area contributed by atoms with Crippen LogP contribution in [0, 0.1) is 5.92 Å². The minimum Gasteiger partial charge on any atom is -0.494 e. The molecule has 5 atom stereocenters. The zero-order valence-corrected chi connectivity index (χ0v) is 31.6. The van der Waals surface area contributed by atoms with Crippen molar-refractivity contribution in [1.29, 1.82) is 0 Å². The molecule has 4 N–H and O–H groups in total. The highest BCUT2D eigenvalue weighted by Crippen LogP contribution is 2.46. The first-order valence-corrected chi connectivity index (χ1v) is 21.2. The van der Waals surface area contributed by atoms with Crippen LogP contribution in [0.25, 0.3) is 10.6 Å². The summed E-state index contributed by atoms with van der Waals surface area (Å²) in [6.45, 7) is 0.557. The quantitative estimate of drug-likeness (QED) is 0.335. The highest BCUT2D eigenvalue weighted by Gasteiger charge is 2.62. The van der Waals surface area contributed by atoms with E-state index in [9.17, 15) is 32.4 Å². The van der Waals surface area contributed by atoms with Gasteiger partial charge in [-0.1, -0.05) is 37.1 Å². The second-order valence-corrected chi connectivity index (χ2v) is 17.6. The number of cyclic esters (lactones) is 1. The number of allylic oxidation sites excluding steroid dienone is 1. The van der Waals surface area contributed by atoms with Crippen molar-refractivity contribution in [2.75, 3.05) is 19.8 Å². The number of hydrogen-bond donors (Lipinski definition) is 4. The van der Waals surface area contributed by atoms with Gasteiger partial charge in [-0.05, 0) is 76.3 Å². The minimum absolute atomic E-state index is 0.00936. The second kappa shape index (κ2) is 16.1. The zero-order chi connectivity index (χ0) is 37.9. The van der Waals surface area contributed by atoms with Crippen molar-refractivity contribution in [1.82, 2.24) is 30.6 Å². The van der Waals surface area contributed by atoms with E-state index in [4.69, 9.17) is 9.47 Å². The summed E-state index contributed by atoms with van der Waals surface area (Å²) in [4.78, 5) is 74.8. The van der Waals surface area contributed by atoms with Gasteiger partial charge in [0.15, 0.2) is 0 Å². The maximum absolute atomic E-state index is 14.4. The maximum atomic E-state index is 14.4. The Kier molecular flexibility index (Phi) is 11.2. The van der Waals surface area contributed by atoms with E-state index < -0.39 is 74.6 Å². The fourth-order valence-electron chi connectivity index (χ4n) is 7.31. The van der Waals surface area contributed by atoms with Crippen molar-refractivity contribution < 1.29 is 41.9 Å². The predicted molar refractivity (Wildman–Crippen MR) is 198 cm³/mol. The smallest absolute Gasteiger partial charge is 0.407 e. The van der Waals surface area contributed by atoms with Crippen LogP contribution in [0.15, 0.2) is 41.8 Å². The molecule has 3 aliphatic heterocycles. The number of carbonyl (C=O) groups is 5. The van der Waals surface area contributed by atoms with Gasteiger partial charge in [0, 0.05) is 29.4 Å². The molecular weight excluding hydrogens is 737 g/mol. The van der Waals surface area contributed by atoms with Gasteiger partial charge >= 0.3 is 6.09 Å². The van der Waals surface area contributed by atoms with Crippen LogP contribution >= 0.6 is 11.3 Å². The van der Waals surface area contributed by atoms with E-state index in [1.165, 1.54) is 16.2 Å². The van der Waals surface area contributed by atoms with E-state index in [1.54, 1.807) is 5.38 Å². The monoisotopic (exact) mass is 782 g/mol. The van der Waals surface area contributed by atoms with Crippen LogP contribution < -0.4 is 25.4 Å². The average Bonchev–Trinajstić information content (AvgIpc) is 4.02. The van der Waals surface area contributed by atoms with Crippen molar-refractivity contribution in [2.45, 2.75) is 106 Å². The Morgan fingerprint density at radius 3 is 2.59 bits per heavy atom. The second-order valence-electron chi connectivity index (χ2n) is 14.7. The van der Waals surface area contributed by atoms with E-state index in [0.29, 0.717) is 55.9 Å². The summed E-state index contributed by atoms with van der Waals surface area (Å²) in [5, 5.41) is 10.1. The minimum atomic E-state index is -3.90. The van der Waals surface area contributed by atoms with Crippen molar-refractivity contribution >= 4 is 51.1 Å². The molecule has 5 aliphatic rings. The van der Waals surface area contributed by atoms with Crippen molar-refractivity contribution in [3.05, 3.63) is 47.5 Å². The molecule has 0 spiro atoms. The standard InChI is InChI=1S/C37H46N6O9S2/c44-31-29-22-53-33(39-29)23-10-9-12-26(18-23)51-16-7-4-8-17-52-36(48)40-28-13-6-3-1-2-5-11-24-20-37(24,35(47)42-54(49,50)27-14-15-27)41-32(45)30-19-25(38-31)21-43(30)34(28)46/h5,9-12,18,22,24-25,27-28,30H,1-4,6-8,13-17,19-21H2,(H,38,44)(H,40,48)(H,41,45)(H,42,47)/t24-,25-,28+,30+,37-/m1/s1. The molecule has 2 aliphatic carbocycles. The summed E-state index contributed by atoms with van der Waals surface area (Å²) in [7, 11) is -3.90. The lowest BCUT2D eigenvalue weighted by molar-refractivity contribution is -0.141. The lowest BCUT2D eigenvalue weighted by Crippen LogP contribution is -2.58. The highest BCUT2D eigenvalue weighted by molar-refractivity contribution is 7.91. The number of hydrogen-bond acceptors (Lipinski definition) is 11. The van der Waals surface area contributed by atoms with Crippen molar-refractivity contribution in [2.24, 2.45) is 5.92 Å². The summed E-state index contributed by atoms with van der Waals surface area (Å²) >= 11 is 1.30. The number of carbonyl (C=O) groups excluding carboxylic acids is 5. The number of nitrogens with zero attached hydrogens (tertiary/aromatic N) is 2. The number of rotatable bonds is 3. The summed E-state index contributed by atoms with van der Waals surface area (Å²) in [6, 6.07) is 4.60. The fraction of sp³-hybridized carbons (Fsp3) is 0.568. The number of nitrogens with one attached hydrogen (secondary N) is 4. The molecule has 4 heterocycles. The van der Waals surface area contributed by atoms with Gasteiger partial charge < -0.3 is 30.3 Å². The van der Waals surface area contributed by atoms with Crippen LogP contribution in [0.1, 0.15) is 87.5 Å². The topological polar surface area (TPSA) is 202 Å². The Morgan fingerprint density at radius 2 is 1.78 bits per heavy atom. The molecule has 54 heavy (non-hydrogen) atoms. The molecule has 7 rings (SSSR count). The lowest BCUT2D eigenvalue weighted by Gasteiger charge is -2.30. The number of amides is 5. The fourth-order valence-corrected chi connectivity index (χ4v) is 9.47. The average molecular weight is 783 g/mol. The van der Waals surface area contributed by atoms with Crippen LogP contribution in [-0.2, 0) is 29.1 Å². The number of ether oxygens (including phenoxy) is 2. The molecule has 290 valence electrons. The maximum Gasteiger partial charge on any atom is 0.407 e. The molecule has 1 aromatic carbocycles. The number of fused-ring (bicyclic) bond motifs is 8. The number of alkyl carbamates (subject to hydrolysis) is 1. The molecule has 2 aromatic rings. The lowest BCUT2D eigenvalue weighted by atomic mass is 10.0. The molecule has 7 bridgehead atoms. The van der Waals surface area contributed by atoms with Gasteiger partial charge in [-0.2, -0.15) is 0 Å². The van der Waals surface area contributed by atoms with Crippen LogP contribution in [0.3, 0.4) is 0 Å². The van der Waals surface area contributed by atoms with Gasteiger partial charge in [0.1, 0.15) is 34.1 Å². The molecule has 0 radical (unpaired) electrons. The molecule has 15 nitrogen and oxygen atoms in total. The largest absolute Gasteiger partial charge is 0.494 e. The Bertz CT molecular complexity index is 1910. The third kappa shape index (κ3) is 8.72. The third-order valence-corrected chi connectivity index (χ3v) is 13.3. The van der Waals surface area contributed by atoms with E-state index in [1.807, 2.05) is 36.4 Å². The Labute approximate surface area is 318 Å². The molecule has 3 fully saturated rings. The van der Waals surface area contributed by atoms with Gasteiger partial charge in [0.25, 0.3) is 11.8 Å². The molecule has 5 amide bonds. The summed E-state index contributed by atoms with van der Waals surface area (Å²) < 4.78 is 39.2. The molecule has 2 saturated carbocycles. The number of thiazole rings is 1. The predicted octanol–water partition coefficient (Wildman–Crippen LogP) is 3.17. The normalized spacial score (nSPS) is 28.6. The SMILES string of the molecule is O=C1N[C@H]2CCCCCC=C[C@@H]3C[C@@]3(C(=O)NS(=O)(=O)C3CC3)NC(=O)[C@@H]3C[C@H](CN3C2=O)NC(=O)c2csc(n2)-c2cccc(c2)OCCCCCO1. The molecule has 0 unspecified atom stereocenters. The van der Waals surface area contributed by atoms with Crippen molar-refractivity contribution in [3.63, 3.8) is 0 Å². The van der Waals surface area contributed by atoms with Crippen molar-refractivity contribution in [3.8, 4) is 16.3 Å². The summed E-state index contributed by atoms with van der Waals surface area (Å²) in [5.41, 5.74) is -0.561. The molecule has 1 saturated heterocycles. The van der Waals surface area contributed by atoms with E-state index >= 15 is 0 Å². The number of aromatic nitrogens is 1. The Balaban J connectivity index is 1.17. The summed E-state index contributed by atoms with van der Waals surface area (Å²) in [5.74, 6) is -2.25. The highest BCUT2D eigenvalue weighted by atomic mass is 32.2. The first-order valence-electron chi connectivity index (χ1n) is 18.8. The number of benzene rings is 1. The van der Waals surface area contributed by atoms with E-state index in [2.05, 4.69) is 25.7 Å². The van der Waals surface area contributed by atoms with Crippen LogP contribution in [-0.4, -0.2) is 96.7 Å². The van der Waals surface area contributed by atoms with Crippen LogP contribution in [0.5, 0.6) is 5.75 Å². The van der Waals surface area contributed by atoms with E-state index in [-0.39, 0.29) is 31.7 Å². The van der Waals surface area contributed by atoms with Crippen LogP contribution in [0.2, 0.25) is 0 Å². The molecular formula is C37H46N6O9S2. The first-order chi connectivity index (χ1) is 26.0. The Hall–Kier alpha value is -4.51.